The SMILES string of the molecule is CCOC(CC)(CC)c1noc(-c2cccc(C#N)c2)n1. The molecule has 0 N–H and O–H groups in total. The fourth-order valence-corrected chi connectivity index (χ4v) is 2.36. The molecule has 0 saturated carbocycles. The number of nitrogens with zero attached hydrogens (tertiary/aromatic N) is 3. The van der Waals surface area contributed by atoms with Gasteiger partial charge in [-0.25, -0.2) is 0 Å². The van der Waals surface area contributed by atoms with Crippen LogP contribution in [-0.2, 0) is 10.3 Å². The van der Waals surface area contributed by atoms with Gasteiger partial charge in [0, 0.05) is 12.2 Å². The van der Waals surface area contributed by atoms with Crippen molar-refractivity contribution in [3.8, 4) is 17.5 Å². The molecule has 5 heteroatoms. The molecule has 110 valence electrons. The van der Waals surface area contributed by atoms with Crippen LogP contribution in [0.3, 0.4) is 0 Å². The van der Waals surface area contributed by atoms with Gasteiger partial charge in [0.1, 0.15) is 5.60 Å². The van der Waals surface area contributed by atoms with Gasteiger partial charge in [-0.2, -0.15) is 10.2 Å². The molecule has 1 aromatic heterocycles. The summed E-state index contributed by atoms with van der Waals surface area (Å²) < 4.78 is 11.2. The predicted octanol–water partition coefficient (Wildman–Crippen LogP) is 3.66. The van der Waals surface area contributed by atoms with Crippen molar-refractivity contribution in [1.29, 1.82) is 5.26 Å². The molecule has 1 heterocycles. The van der Waals surface area contributed by atoms with E-state index in [2.05, 4.69) is 16.2 Å². The van der Waals surface area contributed by atoms with Gasteiger partial charge in [0.2, 0.25) is 5.82 Å². The summed E-state index contributed by atoms with van der Waals surface area (Å²) in [6, 6.07) is 9.22. The summed E-state index contributed by atoms with van der Waals surface area (Å²) in [7, 11) is 0. The lowest BCUT2D eigenvalue weighted by molar-refractivity contribution is -0.0583. The Morgan fingerprint density at radius 2 is 2.05 bits per heavy atom. The molecule has 0 amide bonds. The van der Waals surface area contributed by atoms with E-state index in [1.807, 2.05) is 26.8 Å². The zero-order valence-electron chi connectivity index (χ0n) is 12.6. The number of hydrogen-bond acceptors (Lipinski definition) is 5. The van der Waals surface area contributed by atoms with Gasteiger partial charge in [0.05, 0.1) is 11.6 Å². The maximum Gasteiger partial charge on any atom is 0.258 e. The van der Waals surface area contributed by atoms with Gasteiger partial charge in [-0.1, -0.05) is 25.1 Å². The fraction of sp³-hybridized carbons (Fsp3) is 0.438. The molecular formula is C16H19N3O2. The van der Waals surface area contributed by atoms with Gasteiger partial charge in [0.25, 0.3) is 5.89 Å². The van der Waals surface area contributed by atoms with E-state index in [0.29, 0.717) is 23.9 Å². The van der Waals surface area contributed by atoms with Crippen molar-refractivity contribution >= 4 is 0 Å². The van der Waals surface area contributed by atoms with Crippen LogP contribution < -0.4 is 0 Å². The van der Waals surface area contributed by atoms with Crippen molar-refractivity contribution in [2.75, 3.05) is 6.61 Å². The minimum Gasteiger partial charge on any atom is -0.367 e. The summed E-state index contributed by atoms with van der Waals surface area (Å²) in [5, 5.41) is 13.0. The van der Waals surface area contributed by atoms with Crippen molar-refractivity contribution in [3.63, 3.8) is 0 Å². The topological polar surface area (TPSA) is 71.9 Å². The van der Waals surface area contributed by atoms with E-state index in [9.17, 15) is 0 Å². The molecule has 0 fully saturated rings. The Balaban J connectivity index is 2.38. The van der Waals surface area contributed by atoms with E-state index in [-0.39, 0.29) is 0 Å². The molecule has 0 aliphatic heterocycles. The molecule has 0 unspecified atom stereocenters. The Kier molecular flexibility index (Phi) is 4.71. The molecule has 0 aliphatic carbocycles. The lowest BCUT2D eigenvalue weighted by atomic mass is 9.96. The summed E-state index contributed by atoms with van der Waals surface area (Å²) in [6.45, 7) is 6.64. The van der Waals surface area contributed by atoms with Crippen LogP contribution in [0.15, 0.2) is 28.8 Å². The second-order valence-corrected chi connectivity index (χ2v) is 4.75. The molecule has 2 aromatic rings. The molecule has 0 saturated heterocycles. The highest BCUT2D eigenvalue weighted by atomic mass is 16.5. The molecule has 0 spiro atoms. The third kappa shape index (κ3) is 2.96. The van der Waals surface area contributed by atoms with Crippen LogP contribution in [0.1, 0.15) is 45.0 Å². The first kappa shape index (κ1) is 15.2. The molecule has 0 bridgehead atoms. The highest BCUT2D eigenvalue weighted by Crippen LogP contribution is 2.32. The van der Waals surface area contributed by atoms with Crippen molar-refractivity contribution in [2.24, 2.45) is 0 Å². The lowest BCUT2D eigenvalue weighted by Gasteiger charge is -2.27. The van der Waals surface area contributed by atoms with Crippen molar-refractivity contribution < 1.29 is 9.26 Å². The Hall–Kier alpha value is -2.19. The number of nitriles is 1. The Morgan fingerprint density at radius 1 is 1.29 bits per heavy atom. The normalized spacial score (nSPS) is 11.3. The highest BCUT2D eigenvalue weighted by Gasteiger charge is 2.34. The van der Waals surface area contributed by atoms with Gasteiger partial charge in [-0.3, -0.25) is 0 Å². The highest BCUT2D eigenvalue weighted by molar-refractivity contribution is 5.56. The van der Waals surface area contributed by atoms with E-state index in [4.69, 9.17) is 14.5 Å². The van der Waals surface area contributed by atoms with E-state index in [1.54, 1.807) is 18.2 Å². The van der Waals surface area contributed by atoms with Crippen LogP contribution in [0, 0.1) is 11.3 Å². The lowest BCUT2D eigenvalue weighted by Crippen LogP contribution is -2.29. The van der Waals surface area contributed by atoms with Crippen LogP contribution in [0.25, 0.3) is 11.5 Å². The average molecular weight is 285 g/mol. The number of rotatable bonds is 6. The van der Waals surface area contributed by atoms with Crippen LogP contribution >= 0.6 is 0 Å². The molecule has 5 nitrogen and oxygen atoms in total. The van der Waals surface area contributed by atoms with Crippen molar-refractivity contribution in [3.05, 3.63) is 35.7 Å². The second-order valence-electron chi connectivity index (χ2n) is 4.75. The van der Waals surface area contributed by atoms with Crippen LogP contribution in [-0.4, -0.2) is 16.7 Å². The van der Waals surface area contributed by atoms with Crippen LogP contribution in [0.4, 0.5) is 0 Å². The van der Waals surface area contributed by atoms with E-state index < -0.39 is 5.60 Å². The fourth-order valence-electron chi connectivity index (χ4n) is 2.36. The minimum atomic E-state index is -0.511. The maximum atomic E-state index is 8.95. The summed E-state index contributed by atoms with van der Waals surface area (Å²) in [5.41, 5.74) is 0.795. The van der Waals surface area contributed by atoms with Crippen LogP contribution in [0.2, 0.25) is 0 Å². The average Bonchev–Trinajstić information content (AvgIpc) is 3.03. The zero-order valence-corrected chi connectivity index (χ0v) is 12.6. The standard InChI is InChI=1S/C16H19N3O2/c1-4-16(5-2,20-6-3)15-18-14(21-19-15)13-9-7-8-12(10-13)11-17/h7-10H,4-6H2,1-3H3. The van der Waals surface area contributed by atoms with E-state index in [0.717, 1.165) is 18.4 Å². The molecule has 0 atom stereocenters. The third-order valence-electron chi connectivity index (χ3n) is 3.64. The van der Waals surface area contributed by atoms with Gasteiger partial charge < -0.3 is 9.26 Å². The van der Waals surface area contributed by atoms with E-state index in [1.165, 1.54) is 0 Å². The molecule has 21 heavy (non-hydrogen) atoms. The number of ether oxygens (including phenoxy) is 1. The quantitative estimate of drug-likeness (QED) is 0.809. The monoisotopic (exact) mass is 285 g/mol. The molecule has 2 rings (SSSR count). The zero-order chi connectivity index (χ0) is 15.3. The van der Waals surface area contributed by atoms with Crippen molar-refractivity contribution in [1.82, 2.24) is 10.1 Å². The summed E-state index contributed by atoms with van der Waals surface area (Å²) >= 11 is 0. The predicted molar refractivity (Wildman–Crippen MR) is 78.3 cm³/mol. The third-order valence-corrected chi connectivity index (χ3v) is 3.64. The largest absolute Gasteiger partial charge is 0.367 e. The molecular weight excluding hydrogens is 266 g/mol. The van der Waals surface area contributed by atoms with Crippen molar-refractivity contribution in [2.45, 2.75) is 39.2 Å². The van der Waals surface area contributed by atoms with Gasteiger partial charge >= 0.3 is 0 Å². The number of benzene rings is 1. The Labute approximate surface area is 124 Å². The minimum absolute atomic E-state index is 0.410. The Morgan fingerprint density at radius 3 is 2.67 bits per heavy atom. The second kappa shape index (κ2) is 6.51. The summed E-state index contributed by atoms with van der Waals surface area (Å²) in [4.78, 5) is 4.48. The first-order chi connectivity index (χ1) is 10.2. The molecule has 0 radical (unpaired) electrons. The molecule has 0 aliphatic rings. The summed E-state index contributed by atoms with van der Waals surface area (Å²) in [5.74, 6) is 0.972. The summed E-state index contributed by atoms with van der Waals surface area (Å²) in [6.07, 6.45) is 1.54. The number of hydrogen-bond donors (Lipinski definition) is 0. The van der Waals surface area contributed by atoms with Gasteiger partial charge in [0.15, 0.2) is 0 Å². The number of aromatic nitrogens is 2. The van der Waals surface area contributed by atoms with Gasteiger partial charge in [-0.15, -0.1) is 0 Å². The first-order valence-corrected chi connectivity index (χ1v) is 7.17. The smallest absolute Gasteiger partial charge is 0.258 e. The Bertz CT molecular complexity index is 639. The first-order valence-electron chi connectivity index (χ1n) is 7.17. The van der Waals surface area contributed by atoms with E-state index >= 15 is 0 Å². The maximum absolute atomic E-state index is 8.95. The van der Waals surface area contributed by atoms with Crippen LogP contribution in [0.5, 0.6) is 0 Å². The molecule has 1 aromatic carbocycles. The van der Waals surface area contributed by atoms with Gasteiger partial charge in [-0.05, 0) is 38.0 Å².